The van der Waals surface area contributed by atoms with Gasteiger partial charge < -0.3 is 5.32 Å². The Hall–Kier alpha value is -2.53. The van der Waals surface area contributed by atoms with Gasteiger partial charge in [0.15, 0.2) is 0 Å². The van der Waals surface area contributed by atoms with Crippen molar-refractivity contribution in [3.8, 4) is 17.1 Å². The molecule has 0 radical (unpaired) electrons. The maximum absolute atomic E-state index is 4.42. The second-order valence-electron chi connectivity index (χ2n) is 4.87. The zero-order valence-electron chi connectivity index (χ0n) is 12.1. The monoisotopic (exact) mass is 279 g/mol. The van der Waals surface area contributed by atoms with E-state index in [2.05, 4.69) is 39.8 Å². The van der Waals surface area contributed by atoms with Gasteiger partial charge >= 0.3 is 0 Å². The van der Waals surface area contributed by atoms with Crippen LogP contribution in [0.25, 0.3) is 17.1 Å². The highest BCUT2D eigenvalue weighted by molar-refractivity contribution is 5.53. The van der Waals surface area contributed by atoms with Gasteiger partial charge in [-0.05, 0) is 36.9 Å². The van der Waals surface area contributed by atoms with E-state index in [1.165, 1.54) is 5.56 Å². The Morgan fingerprint density at radius 2 is 1.71 bits per heavy atom. The molecule has 5 heteroatoms. The minimum absolute atomic E-state index is 0.322. The van der Waals surface area contributed by atoms with Crippen LogP contribution in [0.3, 0.4) is 0 Å². The molecule has 0 spiro atoms. The fraction of sp³-hybridized carbons (Fsp3) is 0.188. The normalized spacial score (nSPS) is 12.3. The average molecular weight is 279 g/mol. The molecular weight excluding hydrogens is 262 g/mol. The largest absolute Gasteiger partial charge is 0.313 e. The Kier molecular flexibility index (Phi) is 3.75. The fourth-order valence-corrected chi connectivity index (χ4v) is 2.09. The third kappa shape index (κ3) is 2.83. The summed E-state index contributed by atoms with van der Waals surface area (Å²) in [5, 5.41) is 15.9. The van der Waals surface area contributed by atoms with Gasteiger partial charge in [-0.15, -0.1) is 15.0 Å². The van der Waals surface area contributed by atoms with Crippen LogP contribution < -0.4 is 5.32 Å². The van der Waals surface area contributed by atoms with Gasteiger partial charge in [0.1, 0.15) is 0 Å². The molecule has 0 aliphatic rings. The highest BCUT2D eigenvalue weighted by atomic mass is 15.6. The van der Waals surface area contributed by atoms with Gasteiger partial charge in [-0.2, -0.15) is 0 Å². The van der Waals surface area contributed by atoms with E-state index in [0.717, 1.165) is 11.3 Å². The van der Waals surface area contributed by atoms with Crippen LogP contribution in [0.15, 0.2) is 54.6 Å². The van der Waals surface area contributed by atoms with E-state index in [-0.39, 0.29) is 0 Å². The number of benzene rings is 2. The molecule has 0 fully saturated rings. The van der Waals surface area contributed by atoms with Gasteiger partial charge in [-0.25, -0.2) is 0 Å². The van der Waals surface area contributed by atoms with E-state index < -0.39 is 0 Å². The maximum Gasteiger partial charge on any atom is 0.205 e. The molecule has 1 aromatic heterocycles. The second-order valence-corrected chi connectivity index (χ2v) is 4.87. The zero-order valence-corrected chi connectivity index (χ0v) is 12.1. The van der Waals surface area contributed by atoms with Crippen LogP contribution in [0.1, 0.15) is 18.5 Å². The summed E-state index contributed by atoms with van der Waals surface area (Å²) >= 11 is 0. The van der Waals surface area contributed by atoms with Crippen molar-refractivity contribution in [3.05, 3.63) is 60.2 Å². The minimum atomic E-state index is 0.322. The molecule has 21 heavy (non-hydrogen) atoms. The number of nitrogens with one attached hydrogen (secondary N) is 1. The van der Waals surface area contributed by atoms with Crippen LogP contribution in [-0.4, -0.2) is 27.3 Å². The van der Waals surface area contributed by atoms with Gasteiger partial charge in [0.25, 0.3) is 0 Å². The fourth-order valence-electron chi connectivity index (χ4n) is 2.09. The van der Waals surface area contributed by atoms with E-state index in [9.17, 15) is 0 Å². The quantitative estimate of drug-likeness (QED) is 0.797. The third-order valence-electron chi connectivity index (χ3n) is 3.50. The van der Waals surface area contributed by atoms with Gasteiger partial charge in [0.2, 0.25) is 5.82 Å². The molecule has 3 rings (SSSR count). The van der Waals surface area contributed by atoms with Crippen molar-refractivity contribution in [2.45, 2.75) is 13.0 Å². The van der Waals surface area contributed by atoms with E-state index in [1.54, 1.807) is 4.80 Å². The predicted molar refractivity (Wildman–Crippen MR) is 82.1 cm³/mol. The first-order valence-electron chi connectivity index (χ1n) is 6.91. The summed E-state index contributed by atoms with van der Waals surface area (Å²) < 4.78 is 0. The van der Waals surface area contributed by atoms with Crippen molar-refractivity contribution >= 4 is 0 Å². The molecule has 1 N–H and O–H groups in total. The molecule has 5 nitrogen and oxygen atoms in total. The van der Waals surface area contributed by atoms with Crippen molar-refractivity contribution in [2.24, 2.45) is 0 Å². The van der Waals surface area contributed by atoms with Crippen LogP contribution >= 0.6 is 0 Å². The number of hydrogen-bond donors (Lipinski definition) is 1. The zero-order chi connectivity index (χ0) is 14.7. The lowest BCUT2D eigenvalue weighted by atomic mass is 10.1. The van der Waals surface area contributed by atoms with Crippen molar-refractivity contribution in [1.29, 1.82) is 0 Å². The van der Waals surface area contributed by atoms with Crippen molar-refractivity contribution < 1.29 is 0 Å². The topological polar surface area (TPSA) is 55.6 Å². The first-order valence-corrected chi connectivity index (χ1v) is 6.91. The lowest BCUT2D eigenvalue weighted by Crippen LogP contribution is -2.12. The van der Waals surface area contributed by atoms with E-state index in [1.807, 2.05) is 49.5 Å². The molecule has 1 unspecified atom stereocenters. The van der Waals surface area contributed by atoms with Gasteiger partial charge in [0, 0.05) is 11.6 Å². The molecular formula is C16H17N5. The molecule has 0 aliphatic carbocycles. The van der Waals surface area contributed by atoms with Crippen molar-refractivity contribution in [3.63, 3.8) is 0 Å². The highest BCUT2D eigenvalue weighted by Crippen LogP contribution is 2.16. The molecule has 3 aromatic rings. The van der Waals surface area contributed by atoms with Crippen molar-refractivity contribution in [2.75, 3.05) is 7.05 Å². The standard InChI is InChI=1S/C16H17N5/c1-12(17-2)13-8-10-15(11-9-13)21-19-16(18-20-21)14-6-4-3-5-7-14/h3-12,17H,1-2H3. The minimum Gasteiger partial charge on any atom is -0.313 e. The summed E-state index contributed by atoms with van der Waals surface area (Å²) in [7, 11) is 1.95. The summed E-state index contributed by atoms with van der Waals surface area (Å²) in [6.07, 6.45) is 0. The number of aromatic nitrogens is 4. The number of hydrogen-bond acceptors (Lipinski definition) is 4. The van der Waals surface area contributed by atoms with Crippen LogP contribution in [0.4, 0.5) is 0 Å². The summed E-state index contributed by atoms with van der Waals surface area (Å²) in [4.78, 5) is 1.55. The third-order valence-corrected chi connectivity index (χ3v) is 3.50. The van der Waals surface area contributed by atoms with Crippen LogP contribution in [0, 0.1) is 0 Å². The summed E-state index contributed by atoms with van der Waals surface area (Å²) in [5.74, 6) is 0.628. The first-order chi connectivity index (χ1) is 10.3. The molecule has 0 saturated heterocycles. The average Bonchev–Trinajstić information content (AvgIpc) is 3.05. The lowest BCUT2D eigenvalue weighted by molar-refractivity contribution is 0.651. The van der Waals surface area contributed by atoms with Gasteiger partial charge in [-0.1, -0.05) is 42.5 Å². The van der Waals surface area contributed by atoms with Crippen LogP contribution in [-0.2, 0) is 0 Å². The molecule has 0 aliphatic heterocycles. The Labute approximate surface area is 123 Å². The van der Waals surface area contributed by atoms with E-state index in [4.69, 9.17) is 0 Å². The van der Waals surface area contributed by atoms with Gasteiger partial charge in [0.05, 0.1) is 5.69 Å². The number of nitrogens with zero attached hydrogens (tertiary/aromatic N) is 4. The molecule has 1 heterocycles. The first kappa shape index (κ1) is 13.5. The van der Waals surface area contributed by atoms with E-state index in [0.29, 0.717) is 11.9 Å². The van der Waals surface area contributed by atoms with Crippen LogP contribution in [0.2, 0.25) is 0 Å². The SMILES string of the molecule is CNC(C)c1ccc(-n2nnc(-c3ccccc3)n2)cc1. The summed E-state index contributed by atoms with van der Waals surface area (Å²) in [6.45, 7) is 2.12. The summed E-state index contributed by atoms with van der Waals surface area (Å²) in [6, 6.07) is 18.3. The molecule has 0 saturated carbocycles. The van der Waals surface area contributed by atoms with Crippen LogP contribution in [0.5, 0.6) is 0 Å². The molecule has 0 amide bonds. The highest BCUT2D eigenvalue weighted by Gasteiger charge is 2.07. The Morgan fingerprint density at radius 3 is 2.38 bits per heavy atom. The second kappa shape index (κ2) is 5.85. The molecule has 0 bridgehead atoms. The molecule has 2 aromatic carbocycles. The maximum atomic E-state index is 4.42. The summed E-state index contributed by atoms with van der Waals surface area (Å²) in [5.41, 5.74) is 3.09. The van der Waals surface area contributed by atoms with Gasteiger partial charge in [-0.3, -0.25) is 0 Å². The Balaban J connectivity index is 1.86. The predicted octanol–water partition coefficient (Wildman–Crippen LogP) is 2.61. The smallest absolute Gasteiger partial charge is 0.205 e. The van der Waals surface area contributed by atoms with E-state index >= 15 is 0 Å². The number of rotatable bonds is 4. The Bertz CT molecular complexity index is 703. The molecule has 1 atom stereocenters. The number of tetrazole rings is 1. The lowest BCUT2D eigenvalue weighted by Gasteiger charge is -2.10. The molecule has 106 valence electrons. The van der Waals surface area contributed by atoms with Crippen molar-refractivity contribution in [1.82, 2.24) is 25.5 Å². The Morgan fingerprint density at radius 1 is 1.00 bits per heavy atom.